The van der Waals surface area contributed by atoms with E-state index in [1.54, 1.807) is 6.92 Å². The Morgan fingerprint density at radius 1 is 1.14 bits per heavy atom. The second-order valence-electron chi connectivity index (χ2n) is 6.96. The van der Waals surface area contributed by atoms with Gasteiger partial charge < -0.3 is 25.0 Å². The minimum atomic E-state index is -0.749. The number of ether oxygens (including phenoxy) is 2. The Bertz CT molecular complexity index is 727. The molecule has 0 radical (unpaired) electrons. The molecule has 0 spiro atoms. The van der Waals surface area contributed by atoms with Crippen molar-refractivity contribution in [3.05, 3.63) is 16.0 Å². The number of esters is 1. The van der Waals surface area contributed by atoms with Crippen LogP contribution in [0, 0.1) is 0 Å². The predicted molar refractivity (Wildman–Crippen MR) is 105 cm³/mol. The van der Waals surface area contributed by atoms with E-state index in [9.17, 15) is 14.4 Å². The molecule has 3 rings (SSSR count). The largest absolute Gasteiger partial charge is 0.462 e. The number of morpholine rings is 1. The van der Waals surface area contributed by atoms with E-state index in [1.165, 1.54) is 16.2 Å². The molecule has 3 N–H and O–H groups in total. The van der Waals surface area contributed by atoms with Crippen molar-refractivity contribution in [3.8, 4) is 0 Å². The van der Waals surface area contributed by atoms with E-state index >= 15 is 0 Å². The number of carbonyl (C=O) groups is 3. The van der Waals surface area contributed by atoms with Gasteiger partial charge in [0.15, 0.2) is 0 Å². The number of nitrogens with one attached hydrogen (secondary N) is 3. The van der Waals surface area contributed by atoms with Crippen molar-refractivity contribution in [2.75, 3.05) is 51.3 Å². The predicted octanol–water partition coefficient (Wildman–Crippen LogP) is -0.227. The molecule has 0 atom stereocenters. The van der Waals surface area contributed by atoms with Crippen LogP contribution in [0.1, 0.15) is 40.6 Å². The third-order valence-corrected chi connectivity index (χ3v) is 6.26. The number of thiophene rings is 1. The Morgan fingerprint density at radius 2 is 1.89 bits per heavy atom. The van der Waals surface area contributed by atoms with E-state index in [0.29, 0.717) is 17.1 Å². The summed E-state index contributed by atoms with van der Waals surface area (Å²) in [5, 5.41) is 5.72. The van der Waals surface area contributed by atoms with Gasteiger partial charge in [-0.25, -0.2) is 4.79 Å². The number of anilines is 1. The van der Waals surface area contributed by atoms with Crippen LogP contribution in [0.15, 0.2) is 0 Å². The van der Waals surface area contributed by atoms with E-state index in [1.807, 2.05) is 0 Å². The molecule has 8 nitrogen and oxygen atoms in total. The van der Waals surface area contributed by atoms with Gasteiger partial charge in [0.25, 0.3) is 0 Å². The lowest BCUT2D eigenvalue weighted by Crippen LogP contribution is -3.14. The molecule has 1 aromatic rings. The molecule has 0 aromatic carbocycles. The molecule has 2 aliphatic rings. The van der Waals surface area contributed by atoms with Gasteiger partial charge in [0.05, 0.1) is 38.5 Å². The topological polar surface area (TPSA) is 98.2 Å². The number of hydrogen-bond donors (Lipinski definition) is 3. The monoisotopic (exact) mass is 410 g/mol. The number of amides is 2. The molecule has 1 saturated heterocycles. The van der Waals surface area contributed by atoms with Crippen molar-refractivity contribution in [2.45, 2.75) is 32.6 Å². The van der Waals surface area contributed by atoms with Crippen LogP contribution in [0.3, 0.4) is 0 Å². The van der Waals surface area contributed by atoms with Crippen molar-refractivity contribution in [2.24, 2.45) is 0 Å². The molecule has 0 unspecified atom stereocenters. The number of hydrogen-bond acceptors (Lipinski definition) is 6. The van der Waals surface area contributed by atoms with Gasteiger partial charge in [0.1, 0.15) is 18.1 Å². The zero-order valence-electron chi connectivity index (χ0n) is 16.2. The Morgan fingerprint density at radius 3 is 2.64 bits per heavy atom. The fourth-order valence-corrected chi connectivity index (χ4v) is 4.85. The van der Waals surface area contributed by atoms with Gasteiger partial charge in [-0.1, -0.05) is 0 Å². The number of fused-ring (bicyclic) bond motifs is 1. The van der Waals surface area contributed by atoms with Gasteiger partial charge in [-0.3, -0.25) is 9.59 Å². The molecule has 0 bridgehead atoms. The van der Waals surface area contributed by atoms with E-state index in [4.69, 9.17) is 9.47 Å². The third-order valence-electron chi connectivity index (χ3n) is 5.05. The number of quaternary nitrogens is 1. The second-order valence-corrected chi connectivity index (χ2v) is 8.06. The van der Waals surface area contributed by atoms with Crippen molar-refractivity contribution >= 4 is 34.1 Å². The molecule has 1 aliphatic carbocycles. The average molecular weight is 411 g/mol. The molecule has 9 heteroatoms. The maximum atomic E-state index is 12.4. The van der Waals surface area contributed by atoms with Crippen LogP contribution in [-0.2, 0) is 31.9 Å². The van der Waals surface area contributed by atoms with Gasteiger partial charge in [-0.05, 0) is 38.2 Å². The molecular weight excluding hydrogens is 382 g/mol. The highest BCUT2D eigenvalue weighted by atomic mass is 32.1. The maximum Gasteiger partial charge on any atom is 0.341 e. The minimum absolute atomic E-state index is 0.265. The Kier molecular flexibility index (Phi) is 7.41. The van der Waals surface area contributed by atoms with Crippen molar-refractivity contribution < 1.29 is 28.8 Å². The lowest BCUT2D eigenvalue weighted by Gasteiger charge is -2.23. The quantitative estimate of drug-likeness (QED) is 0.445. The van der Waals surface area contributed by atoms with Crippen LogP contribution in [0.25, 0.3) is 0 Å². The highest BCUT2D eigenvalue weighted by molar-refractivity contribution is 7.17. The van der Waals surface area contributed by atoms with E-state index in [2.05, 4.69) is 10.6 Å². The molecule has 2 heterocycles. The average Bonchev–Trinajstić information content (AvgIpc) is 3.06. The molecule has 28 heavy (non-hydrogen) atoms. The summed E-state index contributed by atoms with van der Waals surface area (Å²) in [5.41, 5.74) is 1.38. The van der Waals surface area contributed by atoms with E-state index < -0.39 is 17.8 Å². The van der Waals surface area contributed by atoms with Gasteiger partial charge >= 0.3 is 17.8 Å². The van der Waals surface area contributed by atoms with E-state index in [0.717, 1.165) is 69.0 Å². The van der Waals surface area contributed by atoms with Crippen LogP contribution in [0.4, 0.5) is 5.00 Å². The first-order valence-electron chi connectivity index (χ1n) is 9.92. The number of rotatable bonds is 6. The molecule has 2 amide bonds. The second kappa shape index (κ2) is 9.99. The SMILES string of the molecule is CCOC(=O)c1c(NC(=O)C(=O)NCC[NH+]2CCOCC2)sc2c1CCCC2. The smallest absolute Gasteiger partial charge is 0.341 e. The summed E-state index contributed by atoms with van der Waals surface area (Å²) in [5.74, 6) is -1.87. The zero-order chi connectivity index (χ0) is 19.9. The van der Waals surface area contributed by atoms with Gasteiger partial charge in [-0.15, -0.1) is 11.3 Å². The summed E-state index contributed by atoms with van der Waals surface area (Å²) in [6, 6.07) is 0. The van der Waals surface area contributed by atoms with Gasteiger partial charge in [0, 0.05) is 4.88 Å². The fraction of sp³-hybridized carbons (Fsp3) is 0.632. The lowest BCUT2D eigenvalue weighted by molar-refractivity contribution is -0.906. The zero-order valence-corrected chi connectivity index (χ0v) is 17.0. The van der Waals surface area contributed by atoms with Crippen molar-refractivity contribution in [3.63, 3.8) is 0 Å². The van der Waals surface area contributed by atoms with Crippen LogP contribution < -0.4 is 15.5 Å². The molecule has 1 aromatic heterocycles. The Labute approximate surface area is 168 Å². The summed E-state index contributed by atoms with van der Waals surface area (Å²) >= 11 is 1.38. The highest BCUT2D eigenvalue weighted by Crippen LogP contribution is 2.38. The van der Waals surface area contributed by atoms with Gasteiger partial charge in [0.2, 0.25) is 0 Å². The maximum absolute atomic E-state index is 12.4. The first-order valence-corrected chi connectivity index (χ1v) is 10.7. The lowest BCUT2D eigenvalue weighted by atomic mass is 9.95. The van der Waals surface area contributed by atoms with Gasteiger partial charge in [-0.2, -0.15) is 0 Å². The molecular formula is C19H28N3O5S+. The summed E-state index contributed by atoms with van der Waals surface area (Å²) in [4.78, 5) is 39.4. The molecule has 0 saturated carbocycles. The highest BCUT2D eigenvalue weighted by Gasteiger charge is 2.28. The fourth-order valence-electron chi connectivity index (χ4n) is 3.58. The normalized spacial score (nSPS) is 16.9. The standard InChI is InChI=1S/C19H27N3O5S/c1-2-27-19(25)15-13-5-3-4-6-14(13)28-18(15)21-17(24)16(23)20-7-8-22-9-11-26-12-10-22/h2-12H2,1H3,(H,20,23)(H,21,24)/p+1. The molecule has 1 fully saturated rings. The van der Waals surface area contributed by atoms with Crippen LogP contribution >= 0.6 is 11.3 Å². The van der Waals surface area contributed by atoms with Crippen molar-refractivity contribution in [1.82, 2.24) is 5.32 Å². The third kappa shape index (κ3) is 5.09. The first-order chi connectivity index (χ1) is 13.6. The molecule has 1 aliphatic heterocycles. The van der Waals surface area contributed by atoms with Crippen LogP contribution in [0.5, 0.6) is 0 Å². The summed E-state index contributed by atoms with van der Waals surface area (Å²) < 4.78 is 10.5. The Hall–Kier alpha value is -1.97. The molecule has 154 valence electrons. The number of carbonyl (C=O) groups excluding carboxylic acids is 3. The first kappa shape index (κ1) is 20.8. The van der Waals surface area contributed by atoms with Crippen molar-refractivity contribution in [1.29, 1.82) is 0 Å². The number of aryl methyl sites for hydroxylation is 1. The summed E-state index contributed by atoms with van der Waals surface area (Å²) in [6.45, 7) is 6.46. The Balaban J connectivity index is 1.60. The van der Waals surface area contributed by atoms with Crippen LogP contribution in [0.2, 0.25) is 0 Å². The summed E-state index contributed by atoms with van der Waals surface area (Å²) in [6.07, 6.45) is 3.75. The summed E-state index contributed by atoms with van der Waals surface area (Å²) in [7, 11) is 0. The van der Waals surface area contributed by atoms with Crippen LogP contribution in [-0.4, -0.2) is 63.8 Å². The minimum Gasteiger partial charge on any atom is -0.462 e. The van der Waals surface area contributed by atoms with E-state index in [-0.39, 0.29) is 6.61 Å².